The fourth-order valence-electron chi connectivity index (χ4n) is 2.32. The third-order valence-corrected chi connectivity index (χ3v) is 3.84. The van der Waals surface area contributed by atoms with E-state index in [9.17, 15) is 14.0 Å². The van der Waals surface area contributed by atoms with Gasteiger partial charge in [-0.25, -0.2) is 14.4 Å². The highest BCUT2D eigenvalue weighted by molar-refractivity contribution is 5.95. The van der Waals surface area contributed by atoms with Crippen LogP contribution in [0, 0.1) is 18.2 Å². The van der Waals surface area contributed by atoms with Crippen molar-refractivity contribution in [1.29, 1.82) is 0 Å². The number of nitrogens with zero attached hydrogens (tertiary/aromatic N) is 3. The molecule has 1 aliphatic rings. The summed E-state index contributed by atoms with van der Waals surface area (Å²) in [5.74, 6) is 0.760. The molecule has 0 saturated carbocycles. The second-order valence-electron chi connectivity index (χ2n) is 5.76. The molecule has 140 valence electrons. The van der Waals surface area contributed by atoms with Crippen LogP contribution in [0.15, 0.2) is 24.4 Å². The smallest absolute Gasteiger partial charge is 0.271 e. The Morgan fingerprint density at radius 1 is 1.48 bits per heavy atom. The predicted octanol–water partition coefficient (Wildman–Crippen LogP) is 0.154. The zero-order chi connectivity index (χ0) is 20.1. The molecule has 2 heterocycles. The highest BCUT2D eigenvalue weighted by Gasteiger charge is 2.26. The van der Waals surface area contributed by atoms with Crippen LogP contribution in [-0.4, -0.2) is 51.5 Å². The third kappa shape index (κ3) is 4.56. The van der Waals surface area contributed by atoms with E-state index >= 15 is 0 Å². The van der Waals surface area contributed by atoms with Crippen LogP contribution in [-0.2, 0) is 4.79 Å². The Hall–Kier alpha value is -3.51. The van der Waals surface area contributed by atoms with Crippen molar-refractivity contribution in [2.24, 2.45) is 5.73 Å². The predicted molar refractivity (Wildman–Crippen MR) is 96.6 cm³/mol. The quantitative estimate of drug-likeness (QED) is 0.643. The van der Waals surface area contributed by atoms with E-state index in [-0.39, 0.29) is 28.7 Å². The molecule has 2 amide bonds. The summed E-state index contributed by atoms with van der Waals surface area (Å²) >= 11 is 0. The molecule has 1 fully saturated rings. The number of nitrogen functional groups attached to an aromatic ring is 1. The Bertz CT molecular complexity index is 914. The van der Waals surface area contributed by atoms with Crippen LogP contribution in [0.25, 0.3) is 11.3 Å². The third-order valence-electron chi connectivity index (χ3n) is 3.84. The molecule has 0 spiro atoms. The van der Waals surface area contributed by atoms with E-state index in [1.807, 2.05) is 0 Å². The maximum Gasteiger partial charge on any atom is 0.271 e. The van der Waals surface area contributed by atoms with Gasteiger partial charge in [0.2, 0.25) is 0 Å². The molecule has 8 nitrogen and oxygen atoms in total. The summed E-state index contributed by atoms with van der Waals surface area (Å²) in [6, 6.07) is 4.10. The lowest BCUT2D eigenvalue weighted by molar-refractivity contribution is -0.133. The summed E-state index contributed by atoms with van der Waals surface area (Å²) < 4.78 is 13.7. The fourth-order valence-corrected chi connectivity index (χ4v) is 2.32. The highest BCUT2D eigenvalue weighted by Crippen LogP contribution is 2.22. The normalized spacial score (nSPS) is 15.7. The number of aromatic nitrogens is 2. The molecule has 1 saturated heterocycles. The first-order chi connectivity index (χ1) is 12.7. The molecule has 9 heteroatoms. The van der Waals surface area contributed by atoms with E-state index in [2.05, 4.69) is 15.9 Å². The Labute approximate surface area is 155 Å². The van der Waals surface area contributed by atoms with Crippen molar-refractivity contribution in [2.75, 3.05) is 19.3 Å². The summed E-state index contributed by atoms with van der Waals surface area (Å²) in [6.45, 7) is 0.694. The maximum atomic E-state index is 13.7. The van der Waals surface area contributed by atoms with Crippen molar-refractivity contribution in [3.8, 4) is 23.6 Å². The first-order valence-electron chi connectivity index (χ1n) is 7.86. The number of terminal acetylenes is 1. The minimum absolute atomic E-state index is 0.107. The molecule has 2 aromatic rings. The minimum Gasteiger partial charge on any atom is -0.383 e. The Balaban J connectivity index is 0.000000273. The average molecular weight is 371 g/mol. The van der Waals surface area contributed by atoms with Crippen molar-refractivity contribution in [3.05, 3.63) is 41.5 Å². The zero-order valence-corrected chi connectivity index (χ0v) is 14.5. The molecule has 5 N–H and O–H groups in total. The number of halogens is 1. The number of aliphatic hydroxyl groups excluding tert-OH is 1. The Morgan fingerprint density at radius 3 is 2.67 bits per heavy atom. The molecule has 1 aliphatic heterocycles. The molecule has 1 aromatic heterocycles. The van der Waals surface area contributed by atoms with Crippen LogP contribution >= 0.6 is 0 Å². The number of nitrogens with two attached hydrogens (primary N) is 2. The van der Waals surface area contributed by atoms with Gasteiger partial charge in [0.05, 0.1) is 11.9 Å². The molecule has 1 unspecified atom stereocenters. The number of primary amides is 1. The van der Waals surface area contributed by atoms with E-state index in [0.717, 1.165) is 0 Å². The van der Waals surface area contributed by atoms with Crippen LogP contribution in [0.2, 0.25) is 0 Å². The van der Waals surface area contributed by atoms with Crippen molar-refractivity contribution in [3.63, 3.8) is 0 Å². The van der Waals surface area contributed by atoms with E-state index in [0.29, 0.717) is 18.5 Å². The summed E-state index contributed by atoms with van der Waals surface area (Å²) in [5, 5.41) is 8.78. The maximum absolute atomic E-state index is 13.7. The van der Waals surface area contributed by atoms with Crippen LogP contribution in [0.3, 0.4) is 0 Å². The van der Waals surface area contributed by atoms with Crippen molar-refractivity contribution >= 4 is 17.6 Å². The van der Waals surface area contributed by atoms with Crippen LogP contribution < -0.4 is 11.5 Å². The number of benzene rings is 1. The van der Waals surface area contributed by atoms with Gasteiger partial charge in [-0.2, -0.15) is 0 Å². The molecule has 0 radical (unpaired) electrons. The Morgan fingerprint density at radius 2 is 2.19 bits per heavy atom. The van der Waals surface area contributed by atoms with Crippen molar-refractivity contribution < 1.29 is 19.1 Å². The number of anilines is 1. The van der Waals surface area contributed by atoms with Gasteiger partial charge in [-0.15, -0.1) is 6.42 Å². The van der Waals surface area contributed by atoms with Crippen LogP contribution in [0.5, 0.6) is 0 Å². The lowest BCUT2D eigenvalue weighted by Gasteiger charge is -2.06. The van der Waals surface area contributed by atoms with Crippen molar-refractivity contribution in [1.82, 2.24) is 14.9 Å². The fraction of sp³-hybridized carbons (Fsp3) is 0.222. The standard InChI is InChI=1S/C13H9FN4O.C5H9NO2/c1-2-7-3-4-9(14)8(5-7)10-6-17-12(15)11(18-10)13(16)19;1-6-3-2-4(7)5(6)8/h1,3-6H,(H2,15,17)(H2,16,19);4,7H,2-3H2,1H3. The number of carbonyl (C=O) groups excluding carboxylic acids is 2. The second-order valence-corrected chi connectivity index (χ2v) is 5.76. The molecule has 27 heavy (non-hydrogen) atoms. The minimum atomic E-state index is -0.833. The zero-order valence-electron chi connectivity index (χ0n) is 14.5. The van der Waals surface area contributed by atoms with Gasteiger partial charge in [0, 0.05) is 24.7 Å². The number of likely N-dealkylation sites (N-methyl/N-ethyl adjacent to an activating group) is 1. The van der Waals surface area contributed by atoms with Crippen LogP contribution in [0.4, 0.5) is 10.2 Å². The number of hydrogen-bond donors (Lipinski definition) is 3. The molecule has 3 rings (SSSR count). The second kappa shape index (κ2) is 8.25. The lowest BCUT2D eigenvalue weighted by atomic mass is 10.1. The summed E-state index contributed by atoms with van der Waals surface area (Å²) in [7, 11) is 1.69. The van der Waals surface area contributed by atoms with Gasteiger partial charge in [-0.05, 0) is 24.6 Å². The van der Waals surface area contributed by atoms with E-state index in [1.54, 1.807) is 7.05 Å². The first-order valence-corrected chi connectivity index (χ1v) is 7.86. The number of hydrogen-bond acceptors (Lipinski definition) is 6. The first kappa shape index (κ1) is 19.8. The molecule has 0 aliphatic carbocycles. The van der Waals surface area contributed by atoms with Gasteiger partial charge >= 0.3 is 0 Å². The monoisotopic (exact) mass is 371 g/mol. The van der Waals surface area contributed by atoms with Gasteiger partial charge in [-0.3, -0.25) is 9.59 Å². The van der Waals surface area contributed by atoms with Crippen molar-refractivity contribution in [2.45, 2.75) is 12.5 Å². The van der Waals surface area contributed by atoms with Crippen LogP contribution in [0.1, 0.15) is 22.5 Å². The summed E-state index contributed by atoms with van der Waals surface area (Å²) in [6.07, 6.45) is 6.37. The molecule has 1 aromatic carbocycles. The number of amides is 2. The number of aliphatic hydroxyl groups is 1. The average Bonchev–Trinajstić information content (AvgIpc) is 2.94. The number of carbonyl (C=O) groups is 2. The number of rotatable bonds is 2. The van der Waals surface area contributed by atoms with Gasteiger partial charge < -0.3 is 21.5 Å². The highest BCUT2D eigenvalue weighted by atomic mass is 19.1. The molecule has 0 bridgehead atoms. The molecular weight excluding hydrogens is 353 g/mol. The molecular formula is C18H18FN5O3. The van der Waals surface area contributed by atoms with Gasteiger partial charge in [0.1, 0.15) is 11.9 Å². The summed E-state index contributed by atoms with van der Waals surface area (Å²) in [4.78, 5) is 30.9. The topological polar surface area (TPSA) is 135 Å². The van der Waals surface area contributed by atoms with E-state index < -0.39 is 17.8 Å². The van der Waals surface area contributed by atoms with E-state index in [1.165, 1.54) is 29.3 Å². The molecule has 1 atom stereocenters. The van der Waals surface area contributed by atoms with Gasteiger partial charge in [0.25, 0.3) is 11.8 Å². The Kier molecular flexibility index (Phi) is 6.05. The van der Waals surface area contributed by atoms with E-state index in [4.69, 9.17) is 23.0 Å². The number of likely N-dealkylation sites (tertiary alicyclic amines) is 1. The summed E-state index contributed by atoms with van der Waals surface area (Å²) in [5.41, 5.74) is 11.1. The largest absolute Gasteiger partial charge is 0.383 e. The van der Waals surface area contributed by atoms with Gasteiger partial charge in [-0.1, -0.05) is 5.92 Å². The SMILES string of the molecule is C#Cc1ccc(F)c(-c2cnc(N)c(C(N)=O)n2)c1.CN1CCC(O)C1=O. The lowest BCUT2D eigenvalue weighted by Crippen LogP contribution is -2.24. The van der Waals surface area contributed by atoms with Gasteiger partial charge in [0.15, 0.2) is 11.5 Å².